The molecule has 0 unspecified atom stereocenters. The van der Waals surface area contributed by atoms with Crippen molar-refractivity contribution in [3.05, 3.63) is 71.8 Å². The van der Waals surface area contributed by atoms with Crippen LogP contribution in [0.4, 0.5) is 0 Å². The summed E-state index contributed by atoms with van der Waals surface area (Å²) in [5.74, 6) is 1.01. The highest BCUT2D eigenvalue weighted by molar-refractivity contribution is 8.01. The number of thioether (sulfide) groups is 1. The summed E-state index contributed by atoms with van der Waals surface area (Å²) in [6.45, 7) is 0.741. The molecule has 1 amide bonds. The number of rotatable bonds is 2. The van der Waals surface area contributed by atoms with Crippen molar-refractivity contribution in [1.82, 2.24) is 5.32 Å². The molecule has 1 aliphatic heterocycles. The Kier molecular flexibility index (Phi) is 3.30. The van der Waals surface area contributed by atoms with Crippen molar-refractivity contribution in [3.8, 4) is 0 Å². The van der Waals surface area contributed by atoms with Crippen LogP contribution in [0.25, 0.3) is 0 Å². The van der Waals surface area contributed by atoms with E-state index in [1.807, 2.05) is 60.7 Å². The van der Waals surface area contributed by atoms with E-state index in [9.17, 15) is 4.79 Å². The lowest BCUT2D eigenvalue weighted by Crippen LogP contribution is -2.48. The Morgan fingerprint density at radius 1 is 0.895 bits per heavy atom. The van der Waals surface area contributed by atoms with Crippen LogP contribution in [-0.4, -0.2) is 18.2 Å². The van der Waals surface area contributed by atoms with E-state index in [0.29, 0.717) is 0 Å². The second-order valence-corrected chi connectivity index (χ2v) is 5.83. The van der Waals surface area contributed by atoms with Gasteiger partial charge in [0.2, 0.25) is 5.91 Å². The van der Waals surface area contributed by atoms with E-state index in [-0.39, 0.29) is 5.91 Å². The molecular formula is C16H15NOS. The van der Waals surface area contributed by atoms with Gasteiger partial charge in [0, 0.05) is 12.3 Å². The Labute approximate surface area is 117 Å². The highest BCUT2D eigenvalue weighted by Gasteiger charge is 2.44. The molecule has 0 saturated carbocycles. The average molecular weight is 269 g/mol. The number of carbonyl (C=O) groups is 1. The largest absolute Gasteiger partial charge is 0.353 e. The predicted molar refractivity (Wildman–Crippen MR) is 79.1 cm³/mol. The number of carbonyl (C=O) groups excluding carboxylic acids is 1. The monoisotopic (exact) mass is 269 g/mol. The van der Waals surface area contributed by atoms with Crippen LogP contribution in [-0.2, 0) is 9.54 Å². The Balaban J connectivity index is 2.19. The van der Waals surface area contributed by atoms with Gasteiger partial charge in [-0.25, -0.2) is 0 Å². The molecule has 0 bridgehead atoms. The van der Waals surface area contributed by atoms with Gasteiger partial charge >= 0.3 is 0 Å². The van der Waals surface area contributed by atoms with Gasteiger partial charge in [-0.3, -0.25) is 4.79 Å². The van der Waals surface area contributed by atoms with Crippen molar-refractivity contribution in [2.45, 2.75) is 4.75 Å². The maximum atomic E-state index is 12.6. The van der Waals surface area contributed by atoms with Gasteiger partial charge in [-0.1, -0.05) is 60.7 Å². The molecule has 3 rings (SSSR count). The lowest BCUT2D eigenvalue weighted by Gasteiger charge is -2.36. The molecule has 2 aromatic carbocycles. The zero-order chi connectivity index (χ0) is 13.1. The summed E-state index contributed by atoms with van der Waals surface area (Å²) in [4.78, 5) is 12.6. The van der Waals surface area contributed by atoms with Crippen molar-refractivity contribution in [1.29, 1.82) is 0 Å². The molecule has 0 aromatic heterocycles. The summed E-state index contributed by atoms with van der Waals surface area (Å²) < 4.78 is -0.610. The summed E-state index contributed by atoms with van der Waals surface area (Å²) >= 11 is 1.71. The zero-order valence-electron chi connectivity index (χ0n) is 10.5. The van der Waals surface area contributed by atoms with Crippen LogP contribution in [0, 0.1) is 0 Å². The molecule has 3 heteroatoms. The van der Waals surface area contributed by atoms with E-state index >= 15 is 0 Å². The van der Waals surface area contributed by atoms with Crippen molar-refractivity contribution in [3.63, 3.8) is 0 Å². The maximum Gasteiger partial charge on any atom is 0.245 e. The lowest BCUT2D eigenvalue weighted by atomic mass is 9.89. The smallest absolute Gasteiger partial charge is 0.245 e. The lowest BCUT2D eigenvalue weighted by molar-refractivity contribution is -0.122. The van der Waals surface area contributed by atoms with E-state index in [0.717, 1.165) is 23.4 Å². The van der Waals surface area contributed by atoms with Gasteiger partial charge in [-0.2, -0.15) is 0 Å². The summed E-state index contributed by atoms with van der Waals surface area (Å²) in [6.07, 6.45) is 0. The summed E-state index contributed by atoms with van der Waals surface area (Å²) in [5, 5.41) is 3.01. The van der Waals surface area contributed by atoms with Crippen LogP contribution in [0.1, 0.15) is 11.1 Å². The average Bonchev–Trinajstić information content (AvgIpc) is 2.50. The number of amides is 1. The Morgan fingerprint density at radius 2 is 1.42 bits per heavy atom. The third kappa shape index (κ3) is 2.04. The van der Waals surface area contributed by atoms with Gasteiger partial charge in [0.05, 0.1) is 0 Å². The maximum absolute atomic E-state index is 12.6. The van der Waals surface area contributed by atoms with E-state index in [4.69, 9.17) is 0 Å². The first-order chi connectivity index (χ1) is 9.34. The van der Waals surface area contributed by atoms with Crippen LogP contribution in [0.3, 0.4) is 0 Å². The van der Waals surface area contributed by atoms with E-state index in [1.54, 1.807) is 11.8 Å². The molecule has 19 heavy (non-hydrogen) atoms. The van der Waals surface area contributed by atoms with Gasteiger partial charge in [0.1, 0.15) is 4.75 Å². The van der Waals surface area contributed by atoms with Gasteiger partial charge < -0.3 is 5.32 Å². The van der Waals surface area contributed by atoms with E-state index < -0.39 is 4.75 Å². The molecule has 0 radical (unpaired) electrons. The third-order valence-electron chi connectivity index (χ3n) is 3.39. The van der Waals surface area contributed by atoms with Crippen LogP contribution < -0.4 is 5.32 Å². The Morgan fingerprint density at radius 3 is 1.89 bits per heavy atom. The Bertz CT molecular complexity index is 528. The van der Waals surface area contributed by atoms with Crippen LogP contribution in [0.15, 0.2) is 60.7 Å². The van der Waals surface area contributed by atoms with Gasteiger partial charge in [-0.05, 0) is 11.1 Å². The molecule has 0 atom stereocenters. The quantitative estimate of drug-likeness (QED) is 0.908. The second-order valence-electron chi connectivity index (χ2n) is 4.52. The number of hydrogen-bond donors (Lipinski definition) is 1. The first-order valence-corrected chi connectivity index (χ1v) is 7.36. The Hall–Kier alpha value is -1.74. The fourth-order valence-corrected chi connectivity index (χ4v) is 3.82. The SMILES string of the molecule is O=C1NCCSC1(c1ccccc1)c1ccccc1. The second kappa shape index (κ2) is 5.10. The van der Waals surface area contributed by atoms with Gasteiger partial charge in [-0.15, -0.1) is 11.8 Å². The first kappa shape index (κ1) is 12.3. The van der Waals surface area contributed by atoms with Crippen molar-refractivity contribution in [2.24, 2.45) is 0 Å². The van der Waals surface area contributed by atoms with Crippen molar-refractivity contribution < 1.29 is 4.79 Å². The van der Waals surface area contributed by atoms with Crippen LogP contribution in [0.2, 0.25) is 0 Å². The van der Waals surface area contributed by atoms with E-state index in [2.05, 4.69) is 5.32 Å². The minimum atomic E-state index is -0.610. The topological polar surface area (TPSA) is 29.1 Å². The molecule has 1 fully saturated rings. The normalized spacial score (nSPS) is 17.8. The van der Waals surface area contributed by atoms with Crippen molar-refractivity contribution >= 4 is 17.7 Å². The molecule has 1 saturated heterocycles. The minimum Gasteiger partial charge on any atom is -0.353 e. The molecule has 1 heterocycles. The highest BCUT2D eigenvalue weighted by atomic mass is 32.2. The zero-order valence-corrected chi connectivity index (χ0v) is 11.3. The first-order valence-electron chi connectivity index (χ1n) is 6.37. The molecule has 0 spiro atoms. The van der Waals surface area contributed by atoms with Gasteiger partial charge in [0.25, 0.3) is 0 Å². The molecule has 96 valence electrons. The highest BCUT2D eigenvalue weighted by Crippen LogP contribution is 2.44. The molecule has 0 aliphatic carbocycles. The number of hydrogen-bond acceptors (Lipinski definition) is 2. The van der Waals surface area contributed by atoms with Gasteiger partial charge in [0.15, 0.2) is 0 Å². The predicted octanol–water partition coefficient (Wildman–Crippen LogP) is 2.79. The van der Waals surface area contributed by atoms with Crippen LogP contribution >= 0.6 is 11.8 Å². The fourth-order valence-electron chi connectivity index (χ4n) is 2.50. The molecule has 2 aromatic rings. The molecular weight excluding hydrogens is 254 g/mol. The fraction of sp³-hybridized carbons (Fsp3) is 0.188. The molecule has 1 N–H and O–H groups in total. The molecule has 2 nitrogen and oxygen atoms in total. The third-order valence-corrected chi connectivity index (χ3v) is 4.88. The van der Waals surface area contributed by atoms with E-state index in [1.165, 1.54) is 0 Å². The summed E-state index contributed by atoms with van der Waals surface area (Å²) in [5.41, 5.74) is 2.09. The number of benzene rings is 2. The standard InChI is InChI=1S/C16H15NOS/c18-15-16(19-12-11-17-15,13-7-3-1-4-8-13)14-9-5-2-6-10-14/h1-10H,11-12H2,(H,17,18). The summed E-state index contributed by atoms with van der Waals surface area (Å²) in [7, 11) is 0. The van der Waals surface area contributed by atoms with Crippen LogP contribution in [0.5, 0.6) is 0 Å². The minimum absolute atomic E-state index is 0.0844. The van der Waals surface area contributed by atoms with Crippen molar-refractivity contribution in [2.75, 3.05) is 12.3 Å². The summed E-state index contributed by atoms with van der Waals surface area (Å²) in [6, 6.07) is 20.0. The molecule has 1 aliphatic rings. The number of nitrogens with one attached hydrogen (secondary N) is 1.